The molecule has 2 atom stereocenters. The lowest BCUT2D eigenvalue weighted by molar-refractivity contribution is -0.169. The van der Waals surface area contributed by atoms with Gasteiger partial charge in [-0.15, -0.1) is 0 Å². The van der Waals surface area contributed by atoms with Crippen LogP contribution in [0.3, 0.4) is 0 Å². The third-order valence-electron chi connectivity index (χ3n) is 9.29. The topological polar surface area (TPSA) is 18.5 Å². The maximum Gasteiger partial charge on any atom is 0.0937 e. The van der Waals surface area contributed by atoms with Gasteiger partial charge in [-0.3, -0.25) is 0 Å². The molecule has 0 N–H and O–H groups in total. The summed E-state index contributed by atoms with van der Waals surface area (Å²) in [6, 6.07) is 10.9. The third kappa shape index (κ3) is 7.35. The minimum absolute atomic E-state index is 0.0221. The lowest BCUT2D eigenvalue weighted by Gasteiger charge is -2.48. The first-order valence-electron chi connectivity index (χ1n) is 15.4. The Morgan fingerprint density at radius 2 is 1.39 bits per heavy atom. The number of ether oxygens (including phenoxy) is 2. The fourth-order valence-electron chi connectivity index (χ4n) is 6.92. The predicted molar refractivity (Wildman–Crippen MR) is 152 cm³/mol. The number of unbranched alkanes of at least 4 members (excludes halogenated alkanes) is 6. The van der Waals surface area contributed by atoms with Gasteiger partial charge in [0.1, 0.15) is 0 Å². The second kappa shape index (κ2) is 14.5. The predicted octanol–water partition coefficient (Wildman–Crippen LogP) is 9.41. The maximum atomic E-state index is 6.68. The van der Waals surface area contributed by atoms with Crippen molar-refractivity contribution >= 4 is 0 Å². The summed E-state index contributed by atoms with van der Waals surface area (Å²) in [6.45, 7) is 6.09. The van der Waals surface area contributed by atoms with Gasteiger partial charge in [-0.05, 0) is 36.7 Å². The Balaban J connectivity index is 1.39. The van der Waals surface area contributed by atoms with Gasteiger partial charge in [-0.1, -0.05) is 139 Å². The summed E-state index contributed by atoms with van der Waals surface area (Å²) in [5.41, 5.74) is 1.35. The summed E-state index contributed by atoms with van der Waals surface area (Å²) in [7, 11) is 0. The molecule has 0 aromatic heterocycles. The maximum absolute atomic E-state index is 6.68. The van der Waals surface area contributed by atoms with Crippen LogP contribution in [0.25, 0.3) is 0 Å². The lowest BCUT2D eigenvalue weighted by Crippen LogP contribution is -2.49. The zero-order valence-electron chi connectivity index (χ0n) is 23.2. The van der Waals surface area contributed by atoms with E-state index in [9.17, 15) is 0 Å². The van der Waals surface area contributed by atoms with Gasteiger partial charge >= 0.3 is 0 Å². The van der Waals surface area contributed by atoms with Crippen LogP contribution in [0.1, 0.15) is 115 Å². The summed E-state index contributed by atoms with van der Waals surface area (Å²) in [5.74, 6) is 1.95. The summed E-state index contributed by atoms with van der Waals surface area (Å²) in [6.07, 6.45) is 29.1. The first-order valence-corrected chi connectivity index (χ1v) is 15.4. The monoisotopic (exact) mass is 492 g/mol. The average Bonchev–Trinajstić information content (AvgIpc) is 2.94. The highest BCUT2D eigenvalue weighted by Gasteiger charge is 2.46. The largest absolute Gasteiger partial charge is 0.373 e. The fraction of sp³-hybridized carbons (Fsp3) is 0.706. The van der Waals surface area contributed by atoms with Crippen molar-refractivity contribution in [3.63, 3.8) is 0 Å². The van der Waals surface area contributed by atoms with Crippen LogP contribution in [0.5, 0.6) is 0 Å². The molecule has 1 heterocycles. The van der Waals surface area contributed by atoms with E-state index in [-0.39, 0.29) is 17.6 Å². The highest BCUT2D eigenvalue weighted by Crippen LogP contribution is 2.49. The van der Waals surface area contributed by atoms with E-state index in [1.807, 2.05) is 0 Å². The minimum atomic E-state index is -0.0221. The summed E-state index contributed by atoms with van der Waals surface area (Å²) < 4.78 is 13.2. The molecular formula is C34H52O2. The average molecular weight is 493 g/mol. The molecule has 0 spiro atoms. The molecule has 1 saturated heterocycles. The number of allylic oxidation sites excluding steroid dienone is 2. The van der Waals surface area contributed by atoms with Crippen LogP contribution in [-0.4, -0.2) is 25.4 Å². The van der Waals surface area contributed by atoms with Crippen LogP contribution >= 0.6 is 0 Å². The first kappa shape index (κ1) is 27.6. The number of rotatable bonds is 13. The van der Waals surface area contributed by atoms with Gasteiger partial charge in [-0.2, -0.15) is 0 Å². The van der Waals surface area contributed by atoms with Gasteiger partial charge in [0.25, 0.3) is 0 Å². The van der Waals surface area contributed by atoms with E-state index in [0.717, 1.165) is 25.6 Å². The molecule has 4 rings (SSSR count). The SMILES string of the molecule is CCCCCCC[C@H]1CO[C@H](C2([C@H]3CC[C@H](CCCCC)CC3)C=CC(c3ccccc3)C=C2)CO1. The Labute approximate surface area is 221 Å². The standard InChI is InChI=1S/C34H52O2/c1-3-5-7-8-13-17-32-26-36-33(27-35-32)34(31-20-18-28(19-21-31)14-10-6-4-2)24-22-30(23-25-34)29-15-11-9-12-16-29/h9,11-12,15-16,22-25,28,30-33H,3-8,10,13-14,17-21,26-27H2,1-2H3/t28-,30?,31-,32-,33-,34?/m0/s1. The smallest absolute Gasteiger partial charge is 0.0937 e. The van der Waals surface area contributed by atoms with Gasteiger partial charge < -0.3 is 9.47 Å². The molecule has 200 valence electrons. The van der Waals surface area contributed by atoms with Crippen molar-refractivity contribution < 1.29 is 9.47 Å². The molecule has 0 radical (unpaired) electrons. The molecule has 2 fully saturated rings. The molecule has 1 aromatic rings. The van der Waals surface area contributed by atoms with Crippen molar-refractivity contribution in [3.8, 4) is 0 Å². The molecule has 0 amide bonds. The zero-order chi connectivity index (χ0) is 25.1. The Morgan fingerprint density at radius 3 is 2.06 bits per heavy atom. The molecule has 0 unspecified atom stereocenters. The molecule has 3 aliphatic rings. The fourth-order valence-corrected chi connectivity index (χ4v) is 6.92. The van der Waals surface area contributed by atoms with E-state index in [1.165, 1.54) is 89.0 Å². The molecule has 2 nitrogen and oxygen atoms in total. The molecule has 1 aromatic carbocycles. The molecule has 1 aliphatic heterocycles. The molecule has 1 saturated carbocycles. The second-order valence-corrected chi connectivity index (χ2v) is 11.8. The number of benzene rings is 1. The van der Waals surface area contributed by atoms with Crippen LogP contribution in [0.4, 0.5) is 0 Å². The number of hydrogen-bond donors (Lipinski definition) is 0. The van der Waals surface area contributed by atoms with Crippen LogP contribution in [0.2, 0.25) is 0 Å². The van der Waals surface area contributed by atoms with Crippen molar-refractivity contribution in [2.75, 3.05) is 13.2 Å². The van der Waals surface area contributed by atoms with Crippen LogP contribution < -0.4 is 0 Å². The molecule has 2 heteroatoms. The van der Waals surface area contributed by atoms with Gasteiger partial charge in [0.05, 0.1) is 25.4 Å². The van der Waals surface area contributed by atoms with Crippen molar-refractivity contribution in [1.29, 1.82) is 0 Å². The summed E-state index contributed by atoms with van der Waals surface area (Å²) >= 11 is 0. The molecule has 0 bridgehead atoms. The Bertz CT molecular complexity index is 767. The molecular weight excluding hydrogens is 440 g/mol. The second-order valence-electron chi connectivity index (χ2n) is 11.8. The van der Waals surface area contributed by atoms with Gasteiger partial charge in [0, 0.05) is 11.3 Å². The Hall–Kier alpha value is -1.38. The lowest BCUT2D eigenvalue weighted by atomic mass is 9.61. The van der Waals surface area contributed by atoms with Gasteiger partial charge in [-0.25, -0.2) is 0 Å². The van der Waals surface area contributed by atoms with E-state index in [4.69, 9.17) is 9.47 Å². The van der Waals surface area contributed by atoms with Gasteiger partial charge in [0.15, 0.2) is 0 Å². The first-order chi connectivity index (χ1) is 17.7. The van der Waals surface area contributed by atoms with E-state index in [2.05, 4.69) is 68.5 Å². The van der Waals surface area contributed by atoms with Crippen molar-refractivity contribution in [1.82, 2.24) is 0 Å². The molecule has 36 heavy (non-hydrogen) atoms. The minimum Gasteiger partial charge on any atom is -0.373 e. The summed E-state index contributed by atoms with van der Waals surface area (Å²) in [5, 5.41) is 0. The van der Waals surface area contributed by atoms with Crippen molar-refractivity contribution in [2.24, 2.45) is 17.3 Å². The Morgan fingerprint density at radius 1 is 0.722 bits per heavy atom. The Kier molecular flexibility index (Phi) is 11.2. The van der Waals surface area contributed by atoms with Crippen LogP contribution in [0, 0.1) is 17.3 Å². The van der Waals surface area contributed by atoms with E-state index < -0.39 is 0 Å². The zero-order valence-corrected chi connectivity index (χ0v) is 23.2. The third-order valence-corrected chi connectivity index (χ3v) is 9.29. The van der Waals surface area contributed by atoms with Crippen molar-refractivity contribution in [3.05, 3.63) is 60.2 Å². The molecule has 2 aliphatic carbocycles. The van der Waals surface area contributed by atoms with E-state index in [1.54, 1.807) is 0 Å². The van der Waals surface area contributed by atoms with Crippen LogP contribution in [-0.2, 0) is 9.47 Å². The number of hydrogen-bond acceptors (Lipinski definition) is 2. The quantitative estimate of drug-likeness (QED) is 0.202. The van der Waals surface area contributed by atoms with E-state index >= 15 is 0 Å². The normalized spacial score (nSPS) is 32.6. The van der Waals surface area contributed by atoms with Crippen LogP contribution in [0.15, 0.2) is 54.6 Å². The highest BCUT2D eigenvalue weighted by atomic mass is 16.6. The highest BCUT2D eigenvalue weighted by molar-refractivity contribution is 5.35. The van der Waals surface area contributed by atoms with Crippen molar-refractivity contribution in [2.45, 2.75) is 122 Å². The van der Waals surface area contributed by atoms with Gasteiger partial charge in [0.2, 0.25) is 0 Å². The van der Waals surface area contributed by atoms with E-state index in [0.29, 0.717) is 11.8 Å². The summed E-state index contributed by atoms with van der Waals surface area (Å²) in [4.78, 5) is 0.